The van der Waals surface area contributed by atoms with Crippen molar-refractivity contribution in [3.05, 3.63) is 159 Å². The van der Waals surface area contributed by atoms with Gasteiger partial charge in [-0.2, -0.15) is 0 Å². The van der Waals surface area contributed by atoms with Gasteiger partial charge in [-0.3, -0.25) is 29.8 Å². The highest BCUT2D eigenvalue weighted by molar-refractivity contribution is 7.18. The van der Waals surface area contributed by atoms with Gasteiger partial charge in [0.2, 0.25) is 5.96 Å². The largest absolute Gasteiger partial charge is 0.492 e. The maximum Gasteiger partial charge on any atom is 0.325 e. The van der Waals surface area contributed by atoms with Crippen molar-refractivity contribution in [3.63, 3.8) is 0 Å². The summed E-state index contributed by atoms with van der Waals surface area (Å²) >= 11 is 2.69. The second-order valence-corrected chi connectivity index (χ2v) is 16.2. The van der Waals surface area contributed by atoms with Crippen molar-refractivity contribution in [2.24, 2.45) is 0 Å². The smallest absolute Gasteiger partial charge is 0.325 e. The maximum absolute atomic E-state index is 12.8. The minimum Gasteiger partial charge on any atom is -0.492 e. The average Bonchev–Trinajstić information content (AvgIpc) is 4.06. The van der Waals surface area contributed by atoms with Crippen molar-refractivity contribution in [2.75, 3.05) is 49.1 Å². The first-order chi connectivity index (χ1) is 29.2. The minimum atomic E-state index is -0.141. The van der Waals surface area contributed by atoms with E-state index in [1.165, 1.54) is 28.2 Å². The predicted molar refractivity (Wildman–Crippen MR) is 237 cm³/mol. The predicted octanol–water partition coefficient (Wildman–Crippen LogP) is 7.34. The molecule has 0 bridgehead atoms. The van der Waals surface area contributed by atoms with E-state index in [2.05, 4.69) is 32.7 Å². The second-order valence-electron chi connectivity index (χ2n) is 14.2. The minimum absolute atomic E-state index is 0.0553. The number of thiazole rings is 1. The molecule has 6 aromatic rings. The molecule has 5 heterocycles. The van der Waals surface area contributed by atoms with Crippen molar-refractivity contribution in [1.82, 2.24) is 30.4 Å². The van der Waals surface area contributed by atoms with Gasteiger partial charge in [-0.1, -0.05) is 96.3 Å². The molecule has 60 heavy (non-hydrogen) atoms. The standard InChI is InChI=1S/C23H24N4O3S.C22H23N5OS/c1-17-14-20(31-21(17)22(28)25-16-18-6-5-9-24-15-18)27-11-10-26(23(27)29)12-13-30-19-7-3-2-4-8-19;1-16-19(20(28)24-14-17-8-4-2-5-9-17)29-22(25-16)27-13-12-26(21(27)23)15-18-10-6-3-7-11-18/h2-9,14-15H,10-13,16H2,1H3,(H,25,28);2-11,23H,12-15H2,1H3,(H,24,28). The first-order valence-corrected chi connectivity index (χ1v) is 21.3. The lowest BCUT2D eigenvalue weighted by Crippen LogP contribution is -2.34. The Morgan fingerprint density at radius 3 is 2.05 bits per heavy atom. The van der Waals surface area contributed by atoms with Crippen LogP contribution in [0.15, 0.2) is 122 Å². The number of amides is 4. The molecule has 2 aliphatic rings. The van der Waals surface area contributed by atoms with Crippen LogP contribution in [0.4, 0.5) is 14.9 Å². The van der Waals surface area contributed by atoms with Crippen molar-refractivity contribution in [2.45, 2.75) is 33.5 Å². The third kappa shape index (κ3) is 10.5. The monoisotopic (exact) mass is 841 g/mol. The van der Waals surface area contributed by atoms with E-state index in [0.29, 0.717) is 79.0 Å². The number of nitrogens with zero attached hydrogens (tertiary/aromatic N) is 6. The highest BCUT2D eigenvalue weighted by atomic mass is 32.1. The number of ether oxygens (including phenoxy) is 1. The topological polar surface area (TPSA) is 147 Å². The fraction of sp³-hybridized carbons (Fsp3) is 0.244. The summed E-state index contributed by atoms with van der Waals surface area (Å²) in [5.74, 6) is 0.958. The van der Waals surface area contributed by atoms with Gasteiger partial charge in [-0.25, -0.2) is 9.78 Å². The van der Waals surface area contributed by atoms with Crippen LogP contribution in [0, 0.1) is 19.3 Å². The molecule has 15 heteroatoms. The number of nitrogens with one attached hydrogen (secondary N) is 3. The number of aryl methyl sites for hydroxylation is 2. The van der Waals surface area contributed by atoms with Gasteiger partial charge < -0.3 is 25.2 Å². The lowest BCUT2D eigenvalue weighted by atomic mass is 10.2. The van der Waals surface area contributed by atoms with Crippen LogP contribution in [-0.2, 0) is 19.6 Å². The van der Waals surface area contributed by atoms with E-state index in [1.807, 2.05) is 121 Å². The number of benzene rings is 3. The molecule has 0 radical (unpaired) electrons. The van der Waals surface area contributed by atoms with Crippen LogP contribution in [0.1, 0.15) is 47.3 Å². The summed E-state index contributed by atoms with van der Waals surface area (Å²) < 4.78 is 5.71. The van der Waals surface area contributed by atoms with Gasteiger partial charge in [0.15, 0.2) is 5.13 Å². The van der Waals surface area contributed by atoms with Crippen molar-refractivity contribution in [3.8, 4) is 5.75 Å². The summed E-state index contributed by atoms with van der Waals surface area (Å²) in [6, 6.07) is 35.2. The van der Waals surface area contributed by atoms with Crippen LogP contribution in [0.5, 0.6) is 5.75 Å². The Morgan fingerprint density at radius 1 is 0.733 bits per heavy atom. The van der Waals surface area contributed by atoms with Gasteiger partial charge in [0.05, 0.1) is 17.1 Å². The van der Waals surface area contributed by atoms with Crippen molar-refractivity contribution < 1.29 is 19.1 Å². The molecule has 0 spiro atoms. The van der Waals surface area contributed by atoms with Gasteiger partial charge >= 0.3 is 6.03 Å². The van der Waals surface area contributed by atoms with Crippen molar-refractivity contribution in [1.29, 1.82) is 5.41 Å². The van der Waals surface area contributed by atoms with E-state index in [0.717, 1.165) is 34.0 Å². The number of thiophene rings is 1. The third-order valence-electron chi connectivity index (χ3n) is 9.90. The first-order valence-electron chi connectivity index (χ1n) is 19.7. The van der Waals surface area contributed by atoms with Gasteiger partial charge in [-0.05, 0) is 60.4 Å². The van der Waals surface area contributed by atoms with Crippen LogP contribution in [-0.4, -0.2) is 82.9 Å². The molecule has 13 nitrogen and oxygen atoms in total. The molecule has 4 amide bonds. The molecule has 3 aromatic heterocycles. The van der Waals surface area contributed by atoms with E-state index >= 15 is 0 Å². The summed E-state index contributed by atoms with van der Waals surface area (Å²) in [4.78, 5) is 55.4. The normalized spacial score (nSPS) is 13.6. The molecular weight excluding hydrogens is 795 g/mol. The highest BCUT2D eigenvalue weighted by Crippen LogP contribution is 2.33. The Hall–Kier alpha value is -6.58. The number of hydrogen-bond donors (Lipinski definition) is 3. The van der Waals surface area contributed by atoms with Crippen LogP contribution in [0.3, 0.4) is 0 Å². The van der Waals surface area contributed by atoms with Crippen LogP contribution >= 0.6 is 22.7 Å². The van der Waals surface area contributed by atoms with Gasteiger partial charge in [-0.15, -0.1) is 11.3 Å². The zero-order chi connectivity index (χ0) is 41.8. The molecule has 0 aliphatic carbocycles. The molecule has 2 saturated heterocycles. The fourth-order valence-electron chi connectivity index (χ4n) is 6.69. The summed E-state index contributed by atoms with van der Waals surface area (Å²) in [6.07, 6.45) is 3.43. The fourth-order valence-corrected chi connectivity index (χ4v) is 8.81. The molecular formula is C45H47N9O4S2. The number of urea groups is 1. The maximum atomic E-state index is 12.8. The molecule has 3 N–H and O–H groups in total. The van der Waals surface area contributed by atoms with Gasteiger partial charge in [0.25, 0.3) is 11.8 Å². The Bertz CT molecular complexity index is 2380. The summed E-state index contributed by atoms with van der Waals surface area (Å²) in [5, 5.41) is 15.9. The Morgan fingerprint density at radius 2 is 1.35 bits per heavy atom. The van der Waals surface area contributed by atoms with Crippen LogP contribution < -0.4 is 25.2 Å². The Kier molecular flexibility index (Phi) is 13.8. The number of guanidine groups is 1. The zero-order valence-electron chi connectivity index (χ0n) is 33.5. The molecule has 0 unspecified atom stereocenters. The quantitative estimate of drug-likeness (QED) is 0.103. The average molecular weight is 842 g/mol. The van der Waals surface area contributed by atoms with Gasteiger partial charge in [0, 0.05) is 58.2 Å². The van der Waals surface area contributed by atoms with E-state index in [4.69, 9.17) is 10.1 Å². The van der Waals surface area contributed by atoms with E-state index in [-0.39, 0.29) is 17.8 Å². The number of rotatable bonds is 14. The SMILES string of the molecule is Cc1cc(N2CCN(CCOc3ccccc3)C2=O)sc1C(=O)NCc1cccnc1.Cc1nc(N2CCN(Cc3ccccc3)C2=N)sc1C(=O)NCc1ccccc1. The number of hydrogen-bond acceptors (Lipinski definition) is 9. The summed E-state index contributed by atoms with van der Waals surface area (Å²) in [5.41, 5.74) is 4.73. The molecule has 0 saturated carbocycles. The lowest BCUT2D eigenvalue weighted by Gasteiger charge is -2.20. The molecule has 8 rings (SSSR count). The second kappa shape index (κ2) is 19.9. The third-order valence-corrected chi connectivity index (χ3v) is 12.3. The number of aromatic nitrogens is 2. The van der Waals surface area contributed by atoms with E-state index in [1.54, 1.807) is 22.2 Å². The Balaban J connectivity index is 0.000000182. The van der Waals surface area contributed by atoms with Crippen LogP contribution in [0.25, 0.3) is 0 Å². The molecule has 3 aromatic carbocycles. The number of pyridine rings is 1. The first kappa shape index (κ1) is 41.6. The van der Waals surface area contributed by atoms with Crippen LogP contribution in [0.2, 0.25) is 0 Å². The summed E-state index contributed by atoms with van der Waals surface area (Å²) in [7, 11) is 0. The molecule has 2 aliphatic heterocycles. The zero-order valence-corrected chi connectivity index (χ0v) is 35.2. The Labute approximate surface area is 357 Å². The molecule has 2 fully saturated rings. The number of carbonyl (C=O) groups excluding carboxylic acids is 3. The molecule has 0 atom stereocenters. The molecule has 308 valence electrons. The van der Waals surface area contributed by atoms with E-state index < -0.39 is 0 Å². The number of anilines is 2. The summed E-state index contributed by atoms with van der Waals surface area (Å²) in [6.45, 7) is 8.99. The van der Waals surface area contributed by atoms with Crippen molar-refractivity contribution >= 4 is 56.6 Å². The number of para-hydroxylation sites is 1. The van der Waals surface area contributed by atoms with E-state index in [9.17, 15) is 14.4 Å². The lowest BCUT2D eigenvalue weighted by molar-refractivity contribution is 0.0946. The number of carbonyl (C=O) groups is 3. The highest BCUT2D eigenvalue weighted by Gasteiger charge is 2.32. The van der Waals surface area contributed by atoms with Gasteiger partial charge in [0.1, 0.15) is 22.2 Å².